The highest BCUT2D eigenvalue weighted by Crippen LogP contribution is 2.09. The third kappa shape index (κ3) is 4.30. The van der Waals surface area contributed by atoms with Crippen molar-refractivity contribution >= 4 is 5.91 Å². The highest BCUT2D eigenvalue weighted by atomic mass is 16.2. The van der Waals surface area contributed by atoms with Gasteiger partial charge in [-0.25, -0.2) is 4.98 Å². The Morgan fingerprint density at radius 2 is 2.00 bits per heavy atom. The Labute approximate surface area is 120 Å². The summed E-state index contributed by atoms with van der Waals surface area (Å²) in [6.45, 7) is 7.89. The normalized spacial score (nSPS) is 17.1. The van der Waals surface area contributed by atoms with Crippen molar-refractivity contribution in [1.29, 1.82) is 0 Å². The van der Waals surface area contributed by atoms with Crippen LogP contribution in [0.5, 0.6) is 0 Å². The summed E-state index contributed by atoms with van der Waals surface area (Å²) >= 11 is 0. The smallest absolute Gasteiger partial charge is 0.291 e. The molecular weight excluding hydrogens is 254 g/mol. The fourth-order valence-corrected chi connectivity index (χ4v) is 2.40. The molecule has 1 fully saturated rings. The van der Waals surface area contributed by atoms with Crippen LogP contribution >= 0.6 is 0 Å². The zero-order valence-electron chi connectivity index (χ0n) is 12.5. The molecule has 2 heterocycles. The number of aromatic nitrogens is 3. The molecule has 0 aliphatic carbocycles. The van der Waals surface area contributed by atoms with E-state index in [9.17, 15) is 4.79 Å². The van der Waals surface area contributed by atoms with Gasteiger partial charge in [0.1, 0.15) is 5.82 Å². The van der Waals surface area contributed by atoms with Crippen molar-refractivity contribution in [3.63, 3.8) is 0 Å². The van der Waals surface area contributed by atoms with E-state index in [1.54, 1.807) is 0 Å². The minimum atomic E-state index is -0.192. The van der Waals surface area contributed by atoms with Gasteiger partial charge in [0.2, 0.25) is 5.82 Å². The Bertz CT molecular complexity index is 421. The second-order valence-electron chi connectivity index (χ2n) is 5.71. The van der Waals surface area contributed by atoms with E-state index in [2.05, 4.69) is 25.4 Å². The van der Waals surface area contributed by atoms with Crippen LogP contribution in [0.3, 0.4) is 0 Å². The second-order valence-corrected chi connectivity index (χ2v) is 5.71. The Kier molecular flexibility index (Phi) is 5.52. The summed E-state index contributed by atoms with van der Waals surface area (Å²) in [7, 11) is 0. The topological polar surface area (TPSA) is 73.9 Å². The third-order valence-electron chi connectivity index (χ3n) is 3.66. The fraction of sp³-hybridized carbons (Fsp3) is 0.786. The van der Waals surface area contributed by atoms with E-state index in [1.807, 2.05) is 13.8 Å². The van der Waals surface area contributed by atoms with E-state index in [-0.39, 0.29) is 17.6 Å². The molecule has 1 aromatic rings. The van der Waals surface area contributed by atoms with Crippen LogP contribution in [0.2, 0.25) is 0 Å². The SMILES string of the molecule is CC(C)c1nc(C(=O)NCCN2CCCCCC2)n[nH]1. The number of nitrogens with one attached hydrogen (secondary N) is 2. The molecule has 0 unspecified atom stereocenters. The molecule has 1 aromatic heterocycles. The number of amides is 1. The van der Waals surface area contributed by atoms with Gasteiger partial charge in [-0.15, -0.1) is 5.10 Å². The summed E-state index contributed by atoms with van der Waals surface area (Å²) in [5.41, 5.74) is 0. The first-order valence-electron chi connectivity index (χ1n) is 7.59. The van der Waals surface area contributed by atoms with Gasteiger partial charge in [0.05, 0.1) is 0 Å². The highest BCUT2D eigenvalue weighted by Gasteiger charge is 2.14. The predicted molar refractivity (Wildman–Crippen MR) is 77.7 cm³/mol. The van der Waals surface area contributed by atoms with Gasteiger partial charge in [-0.05, 0) is 25.9 Å². The molecule has 0 spiro atoms. The van der Waals surface area contributed by atoms with Gasteiger partial charge in [0.15, 0.2) is 0 Å². The van der Waals surface area contributed by atoms with Crippen molar-refractivity contribution in [2.45, 2.75) is 45.4 Å². The Balaban J connectivity index is 1.73. The Hall–Kier alpha value is -1.43. The molecule has 1 aliphatic rings. The van der Waals surface area contributed by atoms with Gasteiger partial charge in [-0.2, -0.15) is 0 Å². The van der Waals surface area contributed by atoms with E-state index >= 15 is 0 Å². The predicted octanol–water partition coefficient (Wildman–Crippen LogP) is 1.53. The maximum absolute atomic E-state index is 11.9. The fourth-order valence-electron chi connectivity index (χ4n) is 2.40. The molecule has 6 nitrogen and oxygen atoms in total. The monoisotopic (exact) mass is 279 g/mol. The van der Waals surface area contributed by atoms with Crippen molar-refractivity contribution in [2.75, 3.05) is 26.2 Å². The number of hydrogen-bond donors (Lipinski definition) is 2. The van der Waals surface area contributed by atoms with Crippen LogP contribution in [-0.4, -0.2) is 52.2 Å². The minimum Gasteiger partial charge on any atom is -0.348 e. The average molecular weight is 279 g/mol. The van der Waals surface area contributed by atoms with Crippen LogP contribution in [0.25, 0.3) is 0 Å². The molecule has 1 saturated heterocycles. The average Bonchev–Trinajstić information content (AvgIpc) is 2.78. The number of nitrogens with zero attached hydrogens (tertiary/aromatic N) is 3. The van der Waals surface area contributed by atoms with Gasteiger partial charge < -0.3 is 10.2 Å². The molecule has 6 heteroatoms. The van der Waals surface area contributed by atoms with Crippen LogP contribution in [0.1, 0.15) is 61.9 Å². The van der Waals surface area contributed by atoms with Gasteiger partial charge >= 0.3 is 0 Å². The van der Waals surface area contributed by atoms with E-state index in [0.717, 1.165) is 25.5 Å². The summed E-state index contributed by atoms with van der Waals surface area (Å²) in [4.78, 5) is 18.5. The first kappa shape index (κ1) is 15.0. The zero-order chi connectivity index (χ0) is 14.4. The molecule has 1 aliphatic heterocycles. The van der Waals surface area contributed by atoms with Gasteiger partial charge in [0.25, 0.3) is 5.91 Å². The van der Waals surface area contributed by atoms with Crippen LogP contribution in [0.4, 0.5) is 0 Å². The van der Waals surface area contributed by atoms with Crippen LogP contribution in [-0.2, 0) is 0 Å². The number of carbonyl (C=O) groups excluding carboxylic acids is 1. The first-order valence-corrected chi connectivity index (χ1v) is 7.59. The summed E-state index contributed by atoms with van der Waals surface area (Å²) in [6.07, 6.45) is 5.20. The lowest BCUT2D eigenvalue weighted by molar-refractivity contribution is 0.0938. The van der Waals surface area contributed by atoms with Crippen molar-refractivity contribution in [1.82, 2.24) is 25.4 Å². The number of carbonyl (C=O) groups is 1. The van der Waals surface area contributed by atoms with Crippen molar-refractivity contribution in [2.24, 2.45) is 0 Å². The zero-order valence-corrected chi connectivity index (χ0v) is 12.5. The lowest BCUT2D eigenvalue weighted by Gasteiger charge is -2.19. The second kappa shape index (κ2) is 7.38. The molecule has 2 N–H and O–H groups in total. The lowest BCUT2D eigenvalue weighted by atomic mass is 10.2. The maximum atomic E-state index is 11.9. The van der Waals surface area contributed by atoms with Crippen LogP contribution in [0, 0.1) is 0 Å². The molecule has 20 heavy (non-hydrogen) atoms. The minimum absolute atomic E-state index is 0.192. The van der Waals surface area contributed by atoms with E-state index < -0.39 is 0 Å². The maximum Gasteiger partial charge on any atom is 0.291 e. The molecule has 0 aromatic carbocycles. The molecule has 0 radical (unpaired) electrons. The summed E-state index contributed by atoms with van der Waals surface area (Å²) in [5, 5.41) is 9.65. The number of rotatable bonds is 5. The first-order chi connectivity index (χ1) is 9.66. The molecule has 0 saturated carbocycles. The van der Waals surface area contributed by atoms with E-state index in [4.69, 9.17) is 0 Å². The van der Waals surface area contributed by atoms with Crippen LogP contribution in [0.15, 0.2) is 0 Å². The summed E-state index contributed by atoms with van der Waals surface area (Å²) < 4.78 is 0. The van der Waals surface area contributed by atoms with Gasteiger partial charge in [-0.1, -0.05) is 26.7 Å². The van der Waals surface area contributed by atoms with E-state index in [0.29, 0.717) is 6.54 Å². The Morgan fingerprint density at radius 1 is 1.30 bits per heavy atom. The summed E-state index contributed by atoms with van der Waals surface area (Å²) in [6, 6.07) is 0. The van der Waals surface area contributed by atoms with Crippen molar-refractivity contribution in [3.05, 3.63) is 11.6 Å². The molecule has 0 atom stereocenters. The number of aromatic amines is 1. The molecule has 0 bridgehead atoms. The van der Waals surface area contributed by atoms with Gasteiger partial charge in [-0.3, -0.25) is 9.89 Å². The standard InChI is InChI=1S/C14H25N5O/c1-11(2)12-16-13(18-17-12)14(20)15-7-10-19-8-5-3-4-6-9-19/h11H,3-10H2,1-2H3,(H,15,20)(H,16,17,18). The number of likely N-dealkylation sites (tertiary alicyclic amines) is 1. The van der Waals surface area contributed by atoms with Crippen LogP contribution < -0.4 is 5.32 Å². The number of H-pyrrole nitrogens is 1. The van der Waals surface area contributed by atoms with Crippen molar-refractivity contribution < 1.29 is 4.79 Å². The largest absolute Gasteiger partial charge is 0.348 e. The number of hydrogen-bond acceptors (Lipinski definition) is 4. The third-order valence-corrected chi connectivity index (χ3v) is 3.66. The quantitative estimate of drug-likeness (QED) is 0.857. The molecular formula is C14H25N5O. The van der Waals surface area contributed by atoms with Crippen molar-refractivity contribution in [3.8, 4) is 0 Å². The molecule has 2 rings (SSSR count). The lowest BCUT2D eigenvalue weighted by Crippen LogP contribution is -2.35. The Morgan fingerprint density at radius 3 is 2.60 bits per heavy atom. The summed E-state index contributed by atoms with van der Waals surface area (Å²) in [5.74, 6) is 1.05. The van der Waals surface area contributed by atoms with E-state index in [1.165, 1.54) is 25.7 Å². The highest BCUT2D eigenvalue weighted by molar-refractivity contribution is 5.90. The molecule has 1 amide bonds. The molecule has 112 valence electrons. The van der Waals surface area contributed by atoms with Gasteiger partial charge in [0, 0.05) is 19.0 Å².